The molecule has 0 aromatic heterocycles. The van der Waals surface area contributed by atoms with Crippen LogP contribution in [0.1, 0.15) is 27.9 Å². The minimum absolute atomic E-state index is 0.273. The second-order valence-corrected chi connectivity index (χ2v) is 3.81. The van der Waals surface area contributed by atoms with Crippen molar-refractivity contribution >= 4 is 5.97 Å². The summed E-state index contributed by atoms with van der Waals surface area (Å²) in [5, 5.41) is 9.02. The first kappa shape index (κ1) is 10.7. The van der Waals surface area contributed by atoms with Gasteiger partial charge in [-0.15, -0.1) is 6.58 Å². The fourth-order valence-corrected chi connectivity index (χ4v) is 2.02. The highest BCUT2D eigenvalue weighted by Crippen LogP contribution is 2.33. The van der Waals surface area contributed by atoms with Crippen LogP contribution in [-0.2, 0) is 12.8 Å². The van der Waals surface area contributed by atoms with Crippen molar-refractivity contribution in [2.45, 2.75) is 19.3 Å². The van der Waals surface area contributed by atoms with E-state index in [1.807, 2.05) is 12.1 Å². The van der Waals surface area contributed by atoms with Gasteiger partial charge in [0.05, 0.1) is 6.61 Å². The number of carboxylic acids is 1. The standard InChI is InChI=1S/C13H14O3/c1-2-3-4-9-5-6-11(13(14)15)12-10(9)7-8-16-12/h2,5-6H,1,3-4,7-8H2,(H,14,15). The lowest BCUT2D eigenvalue weighted by Crippen LogP contribution is -2.01. The second-order valence-electron chi connectivity index (χ2n) is 3.81. The fourth-order valence-electron chi connectivity index (χ4n) is 2.02. The van der Waals surface area contributed by atoms with Gasteiger partial charge in [0.15, 0.2) is 0 Å². The summed E-state index contributed by atoms with van der Waals surface area (Å²) >= 11 is 0. The maximum absolute atomic E-state index is 11.0. The quantitative estimate of drug-likeness (QED) is 0.789. The topological polar surface area (TPSA) is 46.5 Å². The van der Waals surface area contributed by atoms with E-state index in [1.165, 1.54) is 5.56 Å². The minimum Gasteiger partial charge on any atom is -0.492 e. The molecule has 2 rings (SSSR count). The zero-order valence-electron chi connectivity index (χ0n) is 9.03. The minimum atomic E-state index is -0.923. The molecular weight excluding hydrogens is 204 g/mol. The van der Waals surface area contributed by atoms with E-state index in [2.05, 4.69) is 6.58 Å². The highest BCUT2D eigenvalue weighted by molar-refractivity contribution is 5.92. The van der Waals surface area contributed by atoms with E-state index < -0.39 is 5.97 Å². The molecule has 1 aliphatic heterocycles. The van der Waals surface area contributed by atoms with E-state index in [0.717, 1.165) is 24.8 Å². The Morgan fingerprint density at radius 1 is 1.56 bits per heavy atom. The van der Waals surface area contributed by atoms with Crippen molar-refractivity contribution in [3.63, 3.8) is 0 Å². The third-order valence-corrected chi connectivity index (χ3v) is 2.80. The Hall–Kier alpha value is -1.77. The van der Waals surface area contributed by atoms with Crippen LogP contribution in [0.3, 0.4) is 0 Å². The van der Waals surface area contributed by atoms with Gasteiger partial charge in [-0.3, -0.25) is 0 Å². The van der Waals surface area contributed by atoms with Gasteiger partial charge in [-0.1, -0.05) is 12.1 Å². The third-order valence-electron chi connectivity index (χ3n) is 2.80. The van der Waals surface area contributed by atoms with Crippen LogP contribution in [0.4, 0.5) is 0 Å². The Bertz CT molecular complexity index is 435. The SMILES string of the molecule is C=CCCc1ccc(C(=O)O)c2c1CCO2. The lowest BCUT2D eigenvalue weighted by atomic mass is 9.98. The number of ether oxygens (including phenoxy) is 1. The van der Waals surface area contributed by atoms with Crippen molar-refractivity contribution in [2.24, 2.45) is 0 Å². The van der Waals surface area contributed by atoms with Crippen LogP contribution in [-0.4, -0.2) is 17.7 Å². The molecule has 0 amide bonds. The molecule has 3 heteroatoms. The van der Waals surface area contributed by atoms with Crippen LogP contribution >= 0.6 is 0 Å². The van der Waals surface area contributed by atoms with E-state index in [1.54, 1.807) is 6.07 Å². The Morgan fingerprint density at radius 3 is 3.06 bits per heavy atom. The van der Waals surface area contributed by atoms with Crippen LogP contribution in [0.5, 0.6) is 5.75 Å². The molecule has 1 aliphatic rings. The highest BCUT2D eigenvalue weighted by Gasteiger charge is 2.22. The molecule has 0 atom stereocenters. The van der Waals surface area contributed by atoms with Gasteiger partial charge in [-0.05, 0) is 24.5 Å². The summed E-state index contributed by atoms with van der Waals surface area (Å²) in [6.07, 6.45) is 4.48. The molecular formula is C13H14O3. The van der Waals surface area contributed by atoms with E-state index in [0.29, 0.717) is 12.4 Å². The molecule has 0 radical (unpaired) electrons. The molecule has 1 heterocycles. The molecule has 0 saturated carbocycles. The number of fused-ring (bicyclic) bond motifs is 1. The van der Waals surface area contributed by atoms with E-state index in [9.17, 15) is 4.79 Å². The smallest absolute Gasteiger partial charge is 0.339 e. The summed E-state index contributed by atoms with van der Waals surface area (Å²) in [6, 6.07) is 3.52. The Kier molecular flexibility index (Phi) is 2.95. The predicted molar refractivity (Wildman–Crippen MR) is 61.1 cm³/mol. The van der Waals surface area contributed by atoms with Crippen molar-refractivity contribution in [3.8, 4) is 5.75 Å². The van der Waals surface area contributed by atoms with Gasteiger partial charge in [0.2, 0.25) is 0 Å². The average Bonchev–Trinajstić information content (AvgIpc) is 2.74. The van der Waals surface area contributed by atoms with Crippen LogP contribution in [0.2, 0.25) is 0 Å². The predicted octanol–water partition coefficient (Wildman–Crippen LogP) is 2.44. The largest absolute Gasteiger partial charge is 0.492 e. The number of carbonyl (C=O) groups is 1. The molecule has 16 heavy (non-hydrogen) atoms. The molecule has 84 valence electrons. The lowest BCUT2D eigenvalue weighted by Gasteiger charge is -2.08. The Labute approximate surface area is 94.4 Å². The van der Waals surface area contributed by atoms with Gasteiger partial charge < -0.3 is 9.84 Å². The Balaban J connectivity index is 2.40. The summed E-state index contributed by atoms with van der Waals surface area (Å²) < 4.78 is 5.40. The first-order valence-corrected chi connectivity index (χ1v) is 5.35. The summed E-state index contributed by atoms with van der Waals surface area (Å²) in [4.78, 5) is 11.0. The molecule has 1 N–H and O–H groups in total. The number of hydrogen-bond acceptors (Lipinski definition) is 2. The molecule has 0 unspecified atom stereocenters. The molecule has 1 aromatic rings. The second kappa shape index (κ2) is 4.39. The number of rotatable bonds is 4. The van der Waals surface area contributed by atoms with Gasteiger partial charge >= 0.3 is 5.97 Å². The fraction of sp³-hybridized carbons (Fsp3) is 0.308. The molecule has 1 aromatic carbocycles. The normalized spacial score (nSPS) is 13.0. The summed E-state index contributed by atoms with van der Waals surface area (Å²) in [5.41, 5.74) is 2.51. The van der Waals surface area contributed by atoms with E-state index >= 15 is 0 Å². The number of hydrogen-bond donors (Lipinski definition) is 1. The summed E-state index contributed by atoms with van der Waals surface area (Å²) in [7, 11) is 0. The lowest BCUT2D eigenvalue weighted by molar-refractivity contribution is 0.0693. The number of carboxylic acid groups (broad SMARTS) is 1. The highest BCUT2D eigenvalue weighted by atomic mass is 16.5. The van der Waals surface area contributed by atoms with Gasteiger partial charge in [0.25, 0.3) is 0 Å². The van der Waals surface area contributed by atoms with Gasteiger partial charge in [0.1, 0.15) is 11.3 Å². The number of aromatic carboxylic acids is 1. The zero-order valence-corrected chi connectivity index (χ0v) is 9.03. The number of benzene rings is 1. The molecule has 0 spiro atoms. The zero-order chi connectivity index (χ0) is 11.5. The number of allylic oxidation sites excluding steroid dienone is 1. The van der Waals surface area contributed by atoms with Crippen molar-refractivity contribution < 1.29 is 14.6 Å². The molecule has 0 saturated heterocycles. The third kappa shape index (κ3) is 1.81. The maximum atomic E-state index is 11.0. The molecule has 0 bridgehead atoms. The molecule has 0 fully saturated rings. The van der Waals surface area contributed by atoms with E-state index in [4.69, 9.17) is 9.84 Å². The number of aryl methyl sites for hydroxylation is 1. The van der Waals surface area contributed by atoms with Crippen molar-refractivity contribution in [3.05, 3.63) is 41.5 Å². The summed E-state index contributed by atoms with van der Waals surface area (Å²) in [6.45, 7) is 4.27. The van der Waals surface area contributed by atoms with E-state index in [-0.39, 0.29) is 5.56 Å². The van der Waals surface area contributed by atoms with Gasteiger partial charge in [0, 0.05) is 12.0 Å². The van der Waals surface area contributed by atoms with Crippen molar-refractivity contribution in [1.29, 1.82) is 0 Å². The van der Waals surface area contributed by atoms with Gasteiger partial charge in [-0.2, -0.15) is 0 Å². The Morgan fingerprint density at radius 2 is 2.38 bits per heavy atom. The van der Waals surface area contributed by atoms with Crippen LogP contribution in [0.15, 0.2) is 24.8 Å². The van der Waals surface area contributed by atoms with Crippen LogP contribution in [0, 0.1) is 0 Å². The van der Waals surface area contributed by atoms with Crippen LogP contribution < -0.4 is 4.74 Å². The van der Waals surface area contributed by atoms with Crippen molar-refractivity contribution in [2.75, 3.05) is 6.61 Å². The average molecular weight is 218 g/mol. The van der Waals surface area contributed by atoms with Crippen LogP contribution in [0.25, 0.3) is 0 Å². The first-order valence-electron chi connectivity index (χ1n) is 5.35. The molecule has 0 aliphatic carbocycles. The van der Waals surface area contributed by atoms with Crippen molar-refractivity contribution in [1.82, 2.24) is 0 Å². The summed E-state index contributed by atoms with van der Waals surface area (Å²) in [5.74, 6) is -0.359. The van der Waals surface area contributed by atoms with Gasteiger partial charge in [-0.25, -0.2) is 4.79 Å². The molecule has 3 nitrogen and oxygen atoms in total. The maximum Gasteiger partial charge on any atom is 0.339 e. The monoisotopic (exact) mass is 218 g/mol. The first-order chi connectivity index (χ1) is 7.74.